The van der Waals surface area contributed by atoms with Gasteiger partial charge in [-0.2, -0.15) is 9.47 Å². The minimum Gasteiger partial charge on any atom is -0.328 e. The lowest BCUT2D eigenvalue weighted by Gasteiger charge is -2.07. The van der Waals surface area contributed by atoms with E-state index in [0.29, 0.717) is 17.3 Å². The quantitative estimate of drug-likeness (QED) is 0.439. The Labute approximate surface area is 174 Å². The van der Waals surface area contributed by atoms with Gasteiger partial charge in [-0.05, 0) is 36.7 Å². The number of imidazole rings is 1. The summed E-state index contributed by atoms with van der Waals surface area (Å²) in [4.78, 5) is 13.5. The maximum absolute atomic E-state index is 6.21. The first-order valence-electron chi connectivity index (χ1n) is 8.83. The van der Waals surface area contributed by atoms with Gasteiger partial charge in [-0.3, -0.25) is 14.5 Å². The maximum atomic E-state index is 6.21. The van der Waals surface area contributed by atoms with E-state index in [-0.39, 0.29) is 0 Å². The second kappa shape index (κ2) is 7.26. The molecule has 144 valence electrons. The molecule has 0 unspecified atom stereocenters. The lowest BCUT2D eigenvalue weighted by molar-refractivity contribution is 1.04. The third-order valence-corrected chi connectivity index (χ3v) is 5.48. The number of fused-ring (bicyclic) bond motifs is 1. The molecule has 10 heteroatoms. The number of rotatable bonds is 5. The molecule has 5 aromatic heterocycles. The van der Waals surface area contributed by atoms with Crippen molar-refractivity contribution in [2.45, 2.75) is 13.3 Å². The molecule has 0 fully saturated rings. The Bertz CT molecular complexity index is 1290. The van der Waals surface area contributed by atoms with Gasteiger partial charge in [0.05, 0.1) is 40.2 Å². The first-order chi connectivity index (χ1) is 14.2. The van der Waals surface area contributed by atoms with E-state index in [9.17, 15) is 0 Å². The van der Waals surface area contributed by atoms with Crippen LogP contribution in [0.1, 0.15) is 17.1 Å². The van der Waals surface area contributed by atoms with Gasteiger partial charge >= 0.3 is 0 Å². The number of H-pyrrole nitrogens is 1. The Morgan fingerprint density at radius 2 is 2.21 bits per heavy atom. The van der Waals surface area contributed by atoms with Crippen molar-refractivity contribution >= 4 is 39.6 Å². The molecule has 5 rings (SSSR count). The van der Waals surface area contributed by atoms with Crippen LogP contribution in [0.25, 0.3) is 16.9 Å². The largest absolute Gasteiger partial charge is 0.328 e. The van der Waals surface area contributed by atoms with Gasteiger partial charge < -0.3 is 5.32 Å². The summed E-state index contributed by atoms with van der Waals surface area (Å²) in [5.41, 5.74) is 5.20. The summed E-state index contributed by atoms with van der Waals surface area (Å²) in [7, 11) is 0. The molecule has 0 aliphatic rings. The highest BCUT2D eigenvalue weighted by Crippen LogP contribution is 2.28. The topological polar surface area (TPSA) is 96.7 Å². The predicted octanol–water partition coefficient (Wildman–Crippen LogP) is 4.27. The SMILES string of the molecule is Cc1cn2c(-c3cn[nH]c3)cnc2c(Nc2cc(Cc3ncccc3Cl)ns2)n1. The maximum Gasteiger partial charge on any atom is 0.180 e. The van der Waals surface area contributed by atoms with Crippen LogP contribution in [-0.2, 0) is 6.42 Å². The number of hydrogen-bond acceptors (Lipinski definition) is 7. The van der Waals surface area contributed by atoms with E-state index in [0.717, 1.165) is 39.0 Å². The van der Waals surface area contributed by atoms with Crippen molar-refractivity contribution in [2.75, 3.05) is 5.32 Å². The van der Waals surface area contributed by atoms with Crippen LogP contribution in [0.5, 0.6) is 0 Å². The summed E-state index contributed by atoms with van der Waals surface area (Å²) < 4.78 is 6.52. The molecule has 29 heavy (non-hydrogen) atoms. The van der Waals surface area contributed by atoms with Gasteiger partial charge in [0.15, 0.2) is 11.5 Å². The molecule has 5 heterocycles. The fourth-order valence-electron chi connectivity index (χ4n) is 3.09. The minimum absolute atomic E-state index is 0.572. The fourth-order valence-corrected chi connectivity index (χ4v) is 3.94. The van der Waals surface area contributed by atoms with E-state index in [1.807, 2.05) is 48.1 Å². The van der Waals surface area contributed by atoms with Crippen LogP contribution in [0.15, 0.2) is 49.2 Å². The van der Waals surface area contributed by atoms with Gasteiger partial charge in [0.1, 0.15) is 5.00 Å². The average Bonchev–Trinajstić information content (AvgIpc) is 3.44. The number of anilines is 2. The lowest BCUT2D eigenvalue weighted by Crippen LogP contribution is -2.00. The summed E-state index contributed by atoms with van der Waals surface area (Å²) in [6, 6.07) is 5.63. The number of nitrogens with one attached hydrogen (secondary N) is 2. The summed E-state index contributed by atoms with van der Waals surface area (Å²) >= 11 is 7.57. The van der Waals surface area contributed by atoms with E-state index in [4.69, 9.17) is 11.6 Å². The fraction of sp³-hybridized carbons (Fsp3) is 0.105. The normalized spacial score (nSPS) is 11.2. The van der Waals surface area contributed by atoms with Crippen LogP contribution in [0, 0.1) is 6.92 Å². The van der Waals surface area contributed by atoms with Crippen molar-refractivity contribution in [1.82, 2.24) is 33.9 Å². The number of aryl methyl sites for hydroxylation is 1. The molecule has 0 radical (unpaired) electrons. The predicted molar refractivity (Wildman–Crippen MR) is 113 cm³/mol. The molecule has 2 N–H and O–H groups in total. The number of aromatic amines is 1. The highest BCUT2D eigenvalue weighted by Gasteiger charge is 2.14. The van der Waals surface area contributed by atoms with E-state index >= 15 is 0 Å². The molecular formula is C19H15ClN8S. The zero-order valence-electron chi connectivity index (χ0n) is 15.3. The van der Waals surface area contributed by atoms with Gasteiger partial charge in [0.2, 0.25) is 0 Å². The molecule has 0 amide bonds. The standard InChI is InChI=1S/C19H15ClN8S/c1-11-10-28-16(12-7-23-24-8-12)9-22-19(28)18(25-11)26-17-6-13(27-29-17)5-15-14(20)3-2-4-21-15/h2-4,6-10H,5H2,1H3,(H,23,24)(H,25,26). The third kappa shape index (κ3) is 3.45. The Morgan fingerprint density at radius 3 is 3.03 bits per heavy atom. The molecule has 0 saturated carbocycles. The van der Waals surface area contributed by atoms with Crippen molar-refractivity contribution in [3.8, 4) is 11.3 Å². The van der Waals surface area contributed by atoms with E-state index in [2.05, 4.69) is 34.8 Å². The second-order valence-electron chi connectivity index (χ2n) is 6.47. The summed E-state index contributed by atoms with van der Waals surface area (Å²) in [5.74, 6) is 0.672. The van der Waals surface area contributed by atoms with Crippen LogP contribution in [-0.4, -0.2) is 33.9 Å². The van der Waals surface area contributed by atoms with Gasteiger partial charge in [0, 0.05) is 30.6 Å². The molecule has 5 aromatic rings. The van der Waals surface area contributed by atoms with Crippen molar-refractivity contribution in [2.24, 2.45) is 0 Å². The zero-order chi connectivity index (χ0) is 19.8. The van der Waals surface area contributed by atoms with Crippen molar-refractivity contribution in [3.63, 3.8) is 0 Å². The van der Waals surface area contributed by atoms with Crippen LogP contribution in [0.4, 0.5) is 10.8 Å². The molecule has 0 saturated heterocycles. The summed E-state index contributed by atoms with van der Waals surface area (Å²) in [6.45, 7) is 1.95. The van der Waals surface area contributed by atoms with Gasteiger partial charge in [-0.15, -0.1) is 0 Å². The Balaban J connectivity index is 1.45. The summed E-state index contributed by atoms with van der Waals surface area (Å²) in [5, 5.41) is 11.7. The average molecular weight is 423 g/mol. The van der Waals surface area contributed by atoms with Crippen molar-refractivity contribution < 1.29 is 0 Å². The number of halogens is 1. The molecule has 0 bridgehead atoms. The first-order valence-corrected chi connectivity index (χ1v) is 9.98. The molecule has 0 aliphatic carbocycles. The zero-order valence-corrected chi connectivity index (χ0v) is 16.9. The highest BCUT2D eigenvalue weighted by atomic mass is 35.5. The van der Waals surface area contributed by atoms with E-state index in [1.165, 1.54) is 11.5 Å². The number of nitrogens with zero attached hydrogens (tertiary/aromatic N) is 6. The lowest BCUT2D eigenvalue weighted by atomic mass is 10.2. The third-order valence-electron chi connectivity index (χ3n) is 4.39. The minimum atomic E-state index is 0.572. The smallest absolute Gasteiger partial charge is 0.180 e. The Hall–Kier alpha value is -3.30. The monoisotopic (exact) mass is 422 g/mol. The molecule has 8 nitrogen and oxygen atoms in total. The van der Waals surface area contributed by atoms with Crippen molar-refractivity contribution in [3.05, 3.63) is 71.3 Å². The van der Waals surface area contributed by atoms with E-state index < -0.39 is 0 Å². The van der Waals surface area contributed by atoms with Gasteiger partial charge in [-0.25, -0.2) is 9.97 Å². The van der Waals surface area contributed by atoms with Crippen molar-refractivity contribution in [1.29, 1.82) is 0 Å². The second-order valence-corrected chi connectivity index (χ2v) is 7.68. The molecular weight excluding hydrogens is 408 g/mol. The first kappa shape index (κ1) is 17.8. The van der Waals surface area contributed by atoms with Gasteiger partial charge in [0.25, 0.3) is 0 Å². The molecule has 0 atom stereocenters. The van der Waals surface area contributed by atoms with Crippen LogP contribution < -0.4 is 5.32 Å². The van der Waals surface area contributed by atoms with Crippen LogP contribution in [0.3, 0.4) is 0 Å². The van der Waals surface area contributed by atoms with E-state index in [1.54, 1.807) is 12.4 Å². The number of pyridine rings is 1. The Morgan fingerprint density at radius 1 is 1.28 bits per heavy atom. The van der Waals surface area contributed by atoms with Crippen LogP contribution >= 0.6 is 23.1 Å². The number of hydrogen-bond donors (Lipinski definition) is 2. The van der Waals surface area contributed by atoms with Gasteiger partial charge in [-0.1, -0.05) is 11.6 Å². The molecule has 0 spiro atoms. The summed E-state index contributed by atoms with van der Waals surface area (Å²) in [6.07, 6.45) is 9.68. The highest BCUT2D eigenvalue weighted by molar-refractivity contribution is 7.10. The Kier molecular flexibility index (Phi) is 4.45. The van der Waals surface area contributed by atoms with Crippen LogP contribution in [0.2, 0.25) is 5.02 Å². The number of aromatic nitrogens is 7. The molecule has 0 aromatic carbocycles. The molecule has 0 aliphatic heterocycles.